The minimum absolute atomic E-state index is 0.793. The van der Waals surface area contributed by atoms with Gasteiger partial charge in [0.1, 0.15) is 5.82 Å². The summed E-state index contributed by atoms with van der Waals surface area (Å²) in [6.45, 7) is 8.48. The number of nitrogens with zero attached hydrogens (tertiary/aromatic N) is 5. The summed E-state index contributed by atoms with van der Waals surface area (Å²) in [5.74, 6) is 1.11. The van der Waals surface area contributed by atoms with Crippen LogP contribution in [0, 0.1) is 0 Å². The van der Waals surface area contributed by atoms with E-state index in [4.69, 9.17) is 4.98 Å². The molecule has 0 aliphatic carbocycles. The minimum atomic E-state index is 0.793. The number of aromatic nitrogens is 4. The van der Waals surface area contributed by atoms with Crippen molar-refractivity contribution >= 4 is 11.0 Å². The van der Waals surface area contributed by atoms with Crippen LogP contribution in [0.25, 0.3) is 11.0 Å². The molecule has 0 amide bonds. The Balaban J connectivity index is 1.64. The quantitative estimate of drug-likeness (QED) is 0.694. The molecule has 0 spiro atoms. The molecule has 22 heavy (non-hydrogen) atoms. The van der Waals surface area contributed by atoms with E-state index in [1.165, 1.54) is 11.2 Å². The summed E-state index contributed by atoms with van der Waals surface area (Å²) in [7, 11) is 0. The maximum Gasteiger partial charge on any atom is 0.124 e. The average molecular weight is 293 g/mol. The van der Waals surface area contributed by atoms with Gasteiger partial charge < -0.3 is 9.13 Å². The molecule has 0 atom stereocenters. The van der Waals surface area contributed by atoms with Crippen LogP contribution in [0.5, 0.6) is 0 Å². The monoisotopic (exact) mass is 293 g/mol. The topological polar surface area (TPSA) is 38.9 Å². The first-order chi connectivity index (χ1) is 10.8. The van der Waals surface area contributed by atoms with E-state index in [0.29, 0.717) is 0 Å². The van der Waals surface area contributed by atoms with Crippen LogP contribution in [-0.4, -0.2) is 30.5 Å². The van der Waals surface area contributed by atoms with E-state index in [9.17, 15) is 0 Å². The second-order valence-corrected chi connectivity index (χ2v) is 5.71. The fraction of sp³-hybridized carbons (Fsp3) is 0.294. The summed E-state index contributed by atoms with van der Waals surface area (Å²) < 4.78 is 4.48. The standard InChI is InChI=1S/C17H19N5/c1-2-7-22-16-6-4-3-5-15(16)19-17(22)12-20-8-9-21-13-18-10-14(21)11-20/h2-6,10,13H,1,7-9,11-12H2. The second kappa shape index (κ2) is 5.42. The SMILES string of the molecule is C=CCn1c(CN2CCn3cncc3C2)nc2ccccc21. The highest BCUT2D eigenvalue weighted by Gasteiger charge is 2.19. The Morgan fingerprint density at radius 2 is 2.14 bits per heavy atom. The molecule has 1 aliphatic rings. The van der Waals surface area contributed by atoms with Gasteiger partial charge in [0.25, 0.3) is 0 Å². The first-order valence-electron chi connectivity index (χ1n) is 7.61. The summed E-state index contributed by atoms with van der Waals surface area (Å²) >= 11 is 0. The Morgan fingerprint density at radius 3 is 3.05 bits per heavy atom. The highest BCUT2D eigenvalue weighted by atomic mass is 15.2. The third-order valence-corrected chi connectivity index (χ3v) is 4.25. The van der Waals surface area contributed by atoms with Gasteiger partial charge in [0, 0.05) is 32.4 Å². The maximum absolute atomic E-state index is 4.82. The third kappa shape index (κ3) is 2.23. The molecule has 0 fully saturated rings. The third-order valence-electron chi connectivity index (χ3n) is 4.25. The zero-order valence-electron chi connectivity index (χ0n) is 12.5. The van der Waals surface area contributed by atoms with Crippen LogP contribution in [0.15, 0.2) is 49.4 Å². The normalized spacial score (nSPS) is 15.1. The molecule has 0 bridgehead atoms. The fourth-order valence-electron chi connectivity index (χ4n) is 3.15. The van der Waals surface area contributed by atoms with Gasteiger partial charge in [-0.3, -0.25) is 4.90 Å². The molecule has 5 nitrogen and oxygen atoms in total. The minimum Gasteiger partial charge on any atom is -0.332 e. The molecule has 1 aromatic carbocycles. The highest BCUT2D eigenvalue weighted by molar-refractivity contribution is 5.75. The largest absolute Gasteiger partial charge is 0.332 e. The van der Waals surface area contributed by atoms with Gasteiger partial charge in [-0.05, 0) is 12.1 Å². The number of allylic oxidation sites excluding steroid dienone is 1. The van der Waals surface area contributed by atoms with Gasteiger partial charge in [-0.1, -0.05) is 18.2 Å². The van der Waals surface area contributed by atoms with Crippen LogP contribution < -0.4 is 0 Å². The van der Waals surface area contributed by atoms with Crippen LogP contribution in [-0.2, 0) is 26.2 Å². The van der Waals surface area contributed by atoms with Crippen LogP contribution in [0.3, 0.4) is 0 Å². The number of rotatable bonds is 4. The average Bonchev–Trinajstić information content (AvgIpc) is 3.13. The van der Waals surface area contributed by atoms with E-state index in [0.717, 1.165) is 44.1 Å². The van der Waals surface area contributed by atoms with Crippen LogP contribution >= 0.6 is 0 Å². The van der Waals surface area contributed by atoms with Crippen molar-refractivity contribution in [1.29, 1.82) is 0 Å². The van der Waals surface area contributed by atoms with Crippen LogP contribution in [0.4, 0.5) is 0 Å². The Morgan fingerprint density at radius 1 is 1.23 bits per heavy atom. The molecule has 1 aliphatic heterocycles. The lowest BCUT2D eigenvalue weighted by Crippen LogP contribution is -2.33. The summed E-state index contributed by atoms with van der Waals surface area (Å²) in [4.78, 5) is 11.5. The molecular weight excluding hydrogens is 274 g/mol. The van der Waals surface area contributed by atoms with E-state index >= 15 is 0 Å². The summed E-state index contributed by atoms with van der Waals surface area (Å²) in [6.07, 6.45) is 5.81. The van der Waals surface area contributed by atoms with Gasteiger partial charge in [-0.25, -0.2) is 9.97 Å². The van der Waals surface area contributed by atoms with Gasteiger partial charge in [0.15, 0.2) is 0 Å². The first-order valence-corrected chi connectivity index (χ1v) is 7.61. The molecule has 0 saturated heterocycles. The van der Waals surface area contributed by atoms with Crippen molar-refractivity contribution in [2.75, 3.05) is 6.54 Å². The molecule has 5 heteroatoms. The van der Waals surface area contributed by atoms with E-state index < -0.39 is 0 Å². The molecule has 112 valence electrons. The molecule has 0 radical (unpaired) electrons. The Hall–Kier alpha value is -2.40. The second-order valence-electron chi connectivity index (χ2n) is 5.71. The smallest absolute Gasteiger partial charge is 0.124 e. The molecule has 0 saturated carbocycles. The van der Waals surface area contributed by atoms with Gasteiger partial charge in [-0.15, -0.1) is 6.58 Å². The van der Waals surface area contributed by atoms with Crippen molar-refractivity contribution in [3.05, 3.63) is 61.0 Å². The van der Waals surface area contributed by atoms with E-state index in [-0.39, 0.29) is 0 Å². The molecule has 2 aromatic heterocycles. The fourth-order valence-corrected chi connectivity index (χ4v) is 3.15. The maximum atomic E-state index is 4.82. The Bertz CT molecular complexity index is 813. The summed E-state index contributed by atoms with van der Waals surface area (Å²) in [5, 5.41) is 0. The lowest BCUT2D eigenvalue weighted by molar-refractivity contribution is 0.206. The van der Waals surface area contributed by atoms with E-state index in [1.807, 2.05) is 24.7 Å². The van der Waals surface area contributed by atoms with E-state index in [2.05, 4.69) is 43.8 Å². The van der Waals surface area contributed by atoms with Gasteiger partial charge in [0.05, 0.1) is 29.6 Å². The summed E-state index contributed by atoms with van der Waals surface area (Å²) in [5.41, 5.74) is 3.51. The van der Waals surface area contributed by atoms with Crippen molar-refractivity contribution in [1.82, 2.24) is 24.0 Å². The van der Waals surface area contributed by atoms with Crippen molar-refractivity contribution in [3.63, 3.8) is 0 Å². The zero-order valence-corrected chi connectivity index (χ0v) is 12.5. The number of imidazole rings is 2. The predicted octanol–water partition coefficient (Wildman–Crippen LogP) is 2.43. The lowest BCUT2D eigenvalue weighted by atomic mass is 10.3. The molecule has 3 heterocycles. The number of para-hydroxylation sites is 2. The number of hydrogen-bond donors (Lipinski definition) is 0. The molecule has 3 aromatic rings. The van der Waals surface area contributed by atoms with Gasteiger partial charge in [0.2, 0.25) is 0 Å². The Kier molecular flexibility index (Phi) is 3.27. The van der Waals surface area contributed by atoms with Crippen molar-refractivity contribution in [2.45, 2.75) is 26.2 Å². The number of fused-ring (bicyclic) bond motifs is 2. The zero-order chi connectivity index (χ0) is 14.9. The van der Waals surface area contributed by atoms with Gasteiger partial charge in [-0.2, -0.15) is 0 Å². The number of benzene rings is 1. The first kappa shape index (κ1) is 13.3. The summed E-state index contributed by atoms with van der Waals surface area (Å²) in [6, 6.07) is 8.30. The molecule has 0 N–H and O–H groups in total. The molecule has 4 rings (SSSR count). The molecular formula is C17H19N5. The van der Waals surface area contributed by atoms with Crippen LogP contribution in [0.2, 0.25) is 0 Å². The van der Waals surface area contributed by atoms with E-state index in [1.54, 1.807) is 0 Å². The predicted molar refractivity (Wildman–Crippen MR) is 86.3 cm³/mol. The number of hydrogen-bond acceptors (Lipinski definition) is 3. The van der Waals surface area contributed by atoms with Crippen LogP contribution in [0.1, 0.15) is 11.5 Å². The van der Waals surface area contributed by atoms with Crippen molar-refractivity contribution < 1.29 is 0 Å². The van der Waals surface area contributed by atoms with Gasteiger partial charge >= 0.3 is 0 Å². The molecule has 0 unspecified atom stereocenters. The van der Waals surface area contributed by atoms with Crippen molar-refractivity contribution in [2.24, 2.45) is 0 Å². The lowest BCUT2D eigenvalue weighted by Gasteiger charge is -2.27. The Labute approximate surface area is 129 Å². The van der Waals surface area contributed by atoms with Crippen molar-refractivity contribution in [3.8, 4) is 0 Å². The highest BCUT2D eigenvalue weighted by Crippen LogP contribution is 2.19.